The molecule has 0 bridgehead atoms. The minimum atomic E-state index is 0.233. The lowest BCUT2D eigenvalue weighted by atomic mass is 9.81. The molecule has 0 radical (unpaired) electrons. The molecule has 3 rings (SSSR count). The fraction of sp³-hybridized carbons (Fsp3) is 0.562. The van der Waals surface area contributed by atoms with Gasteiger partial charge in [0, 0.05) is 19.0 Å². The summed E-state index contributed by atoms with van der Waals surface area (Å²) in [6.07, 6.45) is 3.64. The van der Waals surface area contributed by atoms with Crippen molar-refractivity contribution in [2.75, 3.05) is 13.1 Å². The minimum absolute atomic E-state index is 0.233. The Morgan fingerprint density at radius 1 is 1.42 bits per heavy atom. The second kappa shape index (κ2) is 4.64. The molecule has 19 heavy (non-hydrogen) atoms. The molecule has 2 aromatic rings. The van der Waals surface area contributed by atoms with Gasteiger partial charge >= 0.3 is 0 Å². The lowest BCUT2D eigenvalue weighted by molar-refractivity contribution is 0.393. The van der Waals surface area contributed by atoms with Crippen molar-refractivity contribution in [2.45, 2.75) is 38.5 Å². The molecule has 1 aliphatic rings. The fourth-order valence-electron chi connectivity index (χ4n) is 3.52. The second-order valence-corrected chi connectivity index (χ2v) is 5.94. The largest absolute Gasteiger partial charge is 0.331 e. The molecule has 3 nitrogen and oxygen atoms in total. The number of aromatic nitrogens is 2. The van der Waals surface area contributed by atoms with E-state index in [-0.39, 0.29) is 5.41 Å². The van der Waals surface area contributed by atoms with Crippen molar-refractivity contribution in [3.05, 3.63) is 29.6 Å². The quantitative estimate of drug-likeness (QED) is 0.916. The topological polar surface area (TPSA) is 29.9 Å². The summed E-state index contributed by atoms with van der Waals surface area (Å²) >= 11 is 0. The van der Waals surface area contributed by atoms with Gasteiger partial charge in [-0.15, -0.1) is 0 Å². The lowest BCUT2D eigenvalue weighted by Crippen LogP contribution is -2.32. The molecule has 0 saturated carbocycles. The molecule has 3 heteroatoms. The van der Waals surface area contributed by atoms with Gasteiger partial charge in [0.2, 0.25) is 0 Å². The number of hydrogen-bond donors (Lipinski definition) is 1. The Hall–Kier alpha value is -1.35. The highest BCUT2D eigenvalue weighted by atomic mass is 15.1. The maximum Gasteiger partial charge on any atom is 0.117 e. The van der Waals surface area contributed by atoms with Crippen LogP contribution < -0.4 is 5.32 Å². The van der Waals surface area contributed by atoms with Gasteiger partial charge in [-0.3, -0.25) is 0 Å². The van der Waals surface area contributed by atoms with Gasteiger partial charge in [0.15, 0.2) is 0 Å². The summed E-state index contributed by atoms with van der Waals surface area (Å²) in [7, 11) is 2.16. The maximum atomic E-state index is 4.97. The Balaban J connectivity index is 2.15. The zero-order chi connectivity index (χ0) is 13.5. The average molecular weight is 257 g/mol. The first-order valence-corrected chi connectivity index (χ1v) is 7.30. The number of benzene rings is 1. The smallest absolute Gasteiger partial charge is 0.117 e. The van der Waals surface area contributed by atoms with Crippen molar-refractivity contribution < 1.29 is 0 Å². The van der Waals surface area contributed by atoms with Crippen molar-refractivity contribution in [3.8, 4) is 0 Å². The summed E-state index contributed by atoms with van der Waals surface area (Å²) in [5.74, 6) is 1.26. The molecule has 1 aromatic carbocycles. The predicted octanol–water partition coefficient (Wildman–Crippen LogP) is 2.91. The molecule has 1 atom stereocenters. The summed E-state index contributed by atoms with van der Waals surface area (Å²) in [6.45, 7) is 6.58. The third-order valence-electron chi connectivity index (χ3n) is 4.48. The van der Waals surface area contributed by atoms with E-state index in [1.165, 1.54) is 36.2 Å². The molecule has 2 heterocycles. The molecule has 1 fully saturated rings. The minimum Gasteiger partial charge on any atom is -0.331 e. The highest BCUT2D eigenvalue weighted by Gasteiger charge is 2.38. The van der Waals surface area contributed by atoms with Gasteiger partial charge in [-0.25, -0.2) is 4.98 Å². The number of fused-ring (bicyclic) bond motifs is 1. The monoisotopic (exact) mass is 257 g/mol. The normalized spacial score (nSPS) is 23.3. The number of nitrogens with zero attached hydrogens (tertiary/aromatic N) is 2. The Bertz CT molecular complexity index is 591. The summed E-state index contributed by atoms with van der Waals surface area (Å²) < 4.78 is 2.30. The Labute approximate surface area is 115 Å². The van der Waals surface area contributed by atoms with Gasteiger partial charge in [-0.2, -0.15) is 0 Å². The number of hydrogen-bond acceptors (Lipinski definition) is 2. The third kappa shape index (κ3) is 1.96. The zero-order valence-corrected chi connectivity index (χ0v) is 12.2. The van der Waals surface area contributed by atoms with E-state index in [1.807, 2.05) is 0 Å². The predicted molar refractivity (Wildman–Crippen MR) is 79.5 cm³/mol. The fourth-order valence-corrected chi connectivity index (χ4v) is 3.52. The highest BCUT2D eigenvalue weighted by molar-refractivity contribution is 5.77. The molecule has 1 aliphatic heterocycles. The van der Waals surface area contributed by atoms with Crippen LogP contribution in [-0.2, 0) is 12.5 Å². The zero-order valence-electron chi connectivity index (χ0n) is 12.2. The van der Waals surface area contributed by atoms with Crippen LogP contribution in [0.5, 0.6) is 0 Å². The van der Waals surface area contributed by atoms with E-state index < -0.39 is 0 Å². The summed E-state index contributed by atoms with van der Waals surface area (Å²) in [5, 5.41) is 3.53. The standard InChI is InChI=1S/C16H23N3/c1-4-7-16(8-9-17-11-16)15-18-13-10-12(2)5-6-14(13)19(15)3/h5-6,10,17H,4,7-9,11H2,1-3H3. The van der Waals surface area contributed by atoms with Crippen molar-refractivity contribution >= 4 is 11.0 Å². The van der Waals surface area contributed by atoms with E-state index in [2.05, 4.69) is 49.0 Å². The molecule has 1 saturated heterocycles. The van der Waals surface area contributed by atoms with Gasteiger partial charge in [0.25, 0.3) is 0 Å². The second-order valence-electron chi connectivity index (χ2n) is 5.94. The SMILES string of the molecule is CCCC1(c2nc3cc(C)ccc3n2C)CCNC1. The van der Waals surface area contributed by atoms with Crippen LogP contribution in [0.3, 0.4) is 0 Å². The van der Waals surface area contributed by atoms with Crippen LogP contribution in [0.15, 0.2) is 18.2 Å². The van der Waals surface area contributed by atoms with E-state index in [4.69, 9.17) is 4.98 Å². The van der Waals surface area contributed by atoms with E-state index in [0.29, 0.717) is 0 Å². The van der Waals surface area contributed by atoms with E-state index in [0.717, 1.165) is 18.6 Å². The Kier molecular flexibility index (Phi) is 3.09. The van der Waals surface area contributed by atoms with Crippen LogP contribution in [0.4, 0.5) is 0 Å². The van der Waals surface area contributed by atoms with Crippen molar-refractivity contribution in [3.63, 3.8) is 0 Å². The molecule has 1 unspecified atom stereocenters. The first kappa shape index (κ1) is 12.7. The van der Waals surface area contributed by atoms with Crippen molar-refractivity contribution in [1.29, 1.82) is 0 Å². The van der Waals surface area contributed by atoms with Gasteiger partial charge in [0.1, 0.15) is 5.82 Å². The van der Waals surface area contributed by atoms with E-state index in [9.17, 15) is 0 Å². The third-order valence-corrected chi connectivity index (χ3v) is 4.48. The van der Waals surface area contributed by atoms with Gasteiger partial charge in [-0.1, -0.05) is 19.4 Å². The average Bonchev–Trinajstić information content (AvgIpc) is 2.96. The maximum absolute atomic E-state index is 4.97. The van der Waals surface area contributed by atoms with Gasteiger partial charge < -0.3 is 9.88 Å². The molecule has 102 valence electrons. The number of aryl methyl sites for hydroxylation is 2. The summed E-state index contributed by atoms with van der Waals surface area (Å²) in [5.41, 5.74) is 3.91. The molecular weight excluding hydrogens is 234 g/mol. The summed E-state index contributed by atoms with van der Waals surface area (Å²) in [6, 6.07) is 6.57. The van der Waals surface area contributed by atoms with Crippen LogP contribution in [0.1, 0.15) is 37.6 Å². The molecule has 0 amide bonds. The van der Waals surface area contributed by atoms with Crippen molar-refractivity contribution in [2.24, 2.45) is 7.05 Å². The molecular formula is C16H23N3. The Morgan fingerprint density at radius 3 is 2.95 bits per heavy atom. The van der Waals surface area contributed by atoms with E-state index in [1.54, 1.807) is 0 Å². The first-order chi connectivity index (χ1) is 9.16. The van der Waals surface area contributed by atoms with Crippen LogP contribution in [0.2, 0.25) is 0 Å². The van der Waals surface area contributed by atoms with Crippen LogP contribution in [-0.4, -0.2) is 22.6 Å². The van der Waals surface area contributed by atoms with Gasteiger partial charge in [0.05, 0.1) is 11.0 Å². The Morgan fingerprint density at radius 2 is 2.26 bits per heavy atom. The number of imidazole rings is 1. The number of nitrogens with one attached hydrogen (secondary N) is 1. The van der Waals surface area contributed by atoms with Gasteiger partial charge in [-0.05, 0) is 44.0 Å². The van der Waals surface area contributed by atoms with E-state index >= 15 is 0 Å². The highest BCUT2D eigenvalue weighted by Crippen LogP contribution is 2.36. The molecule has 1 aromatic heterocycles. The van der Waals surface area contributed by atoms with Crippen molar-refractivity contribution in [1.82, 2.24) is 14.9 Å². The lowest BCUT2D eigenvalue weighted by Gasteiger charge is -2.27. The first-order valence-electron chi connectivity index (χ1n) is 7.30. The van der Waals surface area contributed by atoms with Crippen LogP contribution >= 0.6 is 0 Å². The van der Waals surface area contributed by atoms with Crippen LogP contribution in [0, 0.1) is 6.92 Å². The molecule has 1 N–H and O–H groups in total. The molecule has 0 spiro atoms. The molecule has 0 aliphatic carbocycles. The number of rotatable bonds is 3. The van der Waals surface area contributed by atoms with Crippen LogP contribution in [0.25, 0.3) is 11.0 Å². The summed E-state index contributed by atoms with van der Waals surface area (Å²) in [4.78, 5) is 4.97.